The van der Waals surface area contributed by atoms with Crippen LogP contribution >= 0.6 is 0 Å². The second-order valence-corrected chi connectivity index (χ2v) is 14.4. The van der Waals surface area contributed by atoms with E-state index in [4.69, 9.17) is 9.47 Å². The van der Waals surface area contributed by atoms with Gasteiger partial charge in [-0.15, -0.1) is 0 Å². The van der Waals surface area contributed by atoms with E-state index in [1.54, 1.807) is 6.08 Å². The van der Waals surface area contributed by atoms with Crippen LogP contribution in [0.3, 0.4) is 0 Å². The number of nitrogens with one attached hydrogen (secondary N) is 1. The predicted octanol–water partition coefficient (Wildman–Crippen LogP) is 7.89. The van der Waals surface area contributed by atoms with Gasteiger partial charge >= 0.3 is 0 Å². The molecule has 0 aliphatic carbocycles. The van der Waals surface area contributed by atoms with Crippen molar-refractivity contribution in [2.45, 2.75) is 204 Å². The normalized spacial score (nSPS) is 22.3. The van der Waals surface area contributed by atoms with Crippen LogP contribution in [-0.2, 0) is 14.3 Å². The fourth-order valence-corrected chi connectivity index (χ4v) is 6.18. The number of rotatable bonds is 33. The molecule has 9 nitrogen and oxygen atoms in total. The zero-order valence-electron chi connectivity index (χ0n) is 32.8. The van der Waals surface area contributed by atoms with Gasteiger partial charge in [-0.25, -0.2) is 0 Å². The molecule has 0 aromatic heterocycles. The van der Waals surface area contributed by atoms with Crippen LogP contribution in [0.15, 0.2) is 48.6 Å². The minimum Gasteiger partial charge on any atom is -0.394 e. The molecular weight excluding hydrogens is 658 g/mol. The average Bonchev–Trinajstić information content (AvgIpc) is 3.14. The Kier molecular flexibility index (Phi) is 31.2. The molecule has 0 aromatic carbocycles. The number of amides is 1. The molecule has 1 saturated heterocycles. The standard InChI is InChI=1S/C43H77NO8/c1-3-5-7-9-11-13-15-17-18-19-20-21-22-24-26-28-30-32-37(46)36(35-51-43-42(50)41(49)40(48)38(34-45)52-43)44-39(47)33-31-29-27-25-23-16-14-12-10-8-6-4-2/h12,14,18-19,22,24,30,32,36-38,40-43,45-46,48-50H,3-11,13,15-17,20-21,23,25-29,31,33-35H2,1-2H3,(H,44,47)/b14-12-,19-18+,24-22+,32-30+. The number of aliphatic hydroxyl groups is 5. The van der Waals surface area contributed by atoms with E-state index in [1.165, 1.54) is 64.2 Å². The Morgan fingerprint density at radius 2 is 1.10 bits per heavy atom. The lowest BCUT2D eigenvalue weighted by Crippen LogP contribution is -2.60. The molecule has 0 saturated carbocycles. The Hall–Kier alpha value is -1.85. The highest BCUT2D eigenvalue weighted by Crippen LogP contribution is 2.22. The Labute approximate surface area is 316 Å². The average molecular weight is 736 g/mol. The summed E-state index contributed by atoms with van der Waals surface area (Å²) in [4.78, 5) is 12.9. The fraction of sp³-hybridized carbons (Fsp3) is 0.791. The molecule has 1 aliphatic heterocycles. The highest BCUT2D eigenvalue weighted by atomic mass is 16.7. The smallest absolute Gasteiger partial charge is 0.220 e. The molecule has 9 heteroatoms. The number of unbranched alkanes of at least 4 members (excludes halogenated alkanes) is 17. The van der Waals surface area contributed by atoms with Crippen LogP contribution in [0.2, 0.25) is 0 Å². The third kappa shape index (κ3) is 24.5. The van der Waals surface area contributed by atoms with Crippen molar-refractivity contribution in [2.24, 2.45) is 0 Å². The SMILES string of the molecule is CCCCC/C=C\CCCCCCCC(=O)NC(COC1OC(CO)C(O)C(O)C1O)C(O)/C=C/CC/C=C/CC/C=C/CCCCCCCCC. The van der Waals surface area contributed by atoms with E-state index in [0.717, 1.165) is 77.0 Å². The van der Waals surface area contributed by atoms with Crippen molar-refractivity contribution in [2.75, 3.05) is 13.2 Å². The van der Waals surface area contributed by atoms with Crippen molar-refractivity contribution in [3.05, 3.63) is 48.6 Å². The van der Waals surface area contributed by atoms with Gasteiger partial charge in [0, 0.05) is 6.42 Å². The third-order valence-corrected chi connectivity index (χ3v) is 9.60. The lowest BCUT2D eigenvalue weighted by molar-refractivity contribution is -0.302. The molecule has 1 rings (SSSR count). The molecule has 0 spiro atoms. The molecule has 7 unspecified atom stereocenters. The maximum absolute atomic E-state index is 12.9. The molecule has 0 radical (unpaired) electrons. The summed E-state index contributed by atoms with van der Waals surface area (Å²) in [5, 5.41) is 54.0. The number of carbonyl (C=O) groups is 1. The first kappa shape index (κ1) is 48.2. The van der Waals surface area contributed by atoms with Gasteiger partial charge in [-0.1, -0.05) is 133 Å². The lowest BCUT2D eigenvalue weighted by Gasteiger charge is -2.40. The van der Waals surface area contributed by atoms with E-state index in [1.807, 2.05) is 6.08 Å². The summed E-state index contributed by atoms with van der Waals surface area (Å²) in [5.41, 5.74) is 0. The van der Waals surface area contributed by atoms with E-state index in [2.05, 4.69) is 55.6 Å². The van der Waals surface area contributed by atoms with Crippen molar-refractivity contribution in [3.8, 4) is 0 Å². The van der Waals surface area contributed by atoms with Crippen molar-refractivity contribution in [1.29, 1.82) is 0 Å². The molecule has 0 bridgehead atoms. The highest BCUT2D eigenvalue weighted by molar-refractivity contribution is 5.76. The molecule has 1 fully saturated rings. The van der Waals surface area contributed by atoms with E-state index in [0.29, 0.717) is 6.42 Å². The minimum atomic E-state index is -1.57. The maximum Gasteiger partial charge on any atom is 0.220 e. The second kappa shape index (κ2) is 33.7. The van der Waals surface area contributed by atoms with E-state index in [-0.39, 0.29) is 12.5 Å². The fourth-order valence-electron chi connectivity index (χ4n) is 6.18. The summed E-state index contributed by atoms with van der Waals surface area (Å²) in [6, 6.07) is -0.830. The summed E-state index contributed by atoms with van der Waals surface area (Å²) < 4.78 is 11.1. The van der Waals surface area contributed by atoms with Gasteiger partial charge in [-0.3, -0.25) is 4.79 Å². The van der Waals surface area contributed by atoms with Crippen LogP contribution < -0.4 is 5.32 Å². The van der Waals surface area contributed by atoms with E-state index >= 15 is 0 Å². The van der Waals surface area contributed by atoms with Crippen molar-refractivity contribution in [1.82, 2.24) is 5.32 Å². The van der Waals surface area contributed by atoms with Gasteiger partial charge < -0.3 is 40.3 Å². The molecule has 0 aromatic rings. The van der Waals surface area contributed by atoms with Crippen LogP contribution in [0.25, 0.3) is 0 Å². The van der Waals surface area contributed by atoms with Gasteiger partial charge in [0.15, 0.2) is 6.29 Å². The zero-order chi connectivity index (χ0) is 38.1. The number of allylic oxidation sites excluding steroid dienone is 7. The number of ether oxygens (including phenoxy) is 2. The summed E-state index contributed by atoms with van der Waals surface area (Å²) in [6.07, 6.45) is 34.4. The second-order valence-electron chi connectivity index (χ2n) is 14.4. The van der Waals surface area contributed by atoms with Crippen molar-refractivity contribution < 1.29 is 39.8 Å². The number of hydrogen-bond donors (Lipinski definition) is 6. The molecule has 1 heterocycles. The first-order chi connectivity index (χ1) is 25.3. The van der Waals surface area contributed by atoms with Gasteiger partial charge in [0.25, 0.3) is 0 Å². The van der Waals surface area contributed by atoms with Crippen LogP contribution in [0, 0.1) is 0 Å². The van der Waals surface area contributed by atoms with Gasteiger partial charge in [-0.2, -0.15) is 0 Å². The number of carbonyl (C=O) groups excluding carboxylic acids is 1. The zero-order valence-corrected chi connectivity index (χ0v) is 32.8. The molecule has 1 aliphatic rings. The maximum atomic E-state index is 12.9. The van der Waals surface area contributed by atoms with Gasteiger partial charge in [-0.05, 0) is 70.6 Å². The van der Waals surface area contributed by atoms with Crippen molar-refractivity contribution in [3.63, 3.8) is 0 Å². The molecule has 302 valence electrons. The van der Waals surface area contributed by atoms with E-state index < -0.39 is 49.5 Å². The predicted molar refractivity (Wildman–Crippen MR) is 212 cm³/mol. The van der Waals surface area contributed by atoms with Crippen LogP contribution in [0.1, 0.15) is 162 Å². The largest absolute Gasteiger partial charge is 0.394 e. The van der Waals surface area contributed by atoms with Gasteiger partial charge in [0.05, 0.1) is 25.4 Å². The van der Waals surface area contributed by atoms with Crippen molar-refractivity contribution >= 4 is 5.91 Å². The lowest BCUT2D eigenvalue weighted by atomic mass is 9.99. The monoisotopic (exact) mass is 736 g/mol. The Morgan fingerprint density at radius 3 is 1.65 bits per heavy atom. The topological polar surface area (TPSA) is 149 Å². The first-order valence-corrected chi connectivity index (χ1v) is 20.9. The summed E-state index contributed by atoms with van der Waals surface area (Å²) in [7, 11) is 0. The van der Waals surface area contributed by atoms with Crippen LogP contribution in [0.5, 0.6) is 0 Å². The molecular formula is C43H77NO8. The first-order valence-electron chi connectivity index (χ1n) is 20.9. The quantitative estimate of drug-likeness (QED) is 0.0295. The molecule has 52 heavy (non-hydrogen) atoms. The summed E-state index contributed by atoms with van der Waals surface area (Å²) in [5.74, 6) is -0.204. The Balaban J connectivity index is 2.47. The molecule has 6 N–H and O–H groups in total. The van der Waals surface area contributed by atoms with Crippen LogP contribution in [0.4, 0.5) is 0 Å². The minimum absolute atomic E-state index is 0.204. The summed E-state index contributed by atoms with van der Waals surface area (Å²) >= 11 is 0. The molecule has 7 atom stereocenters. The van der Waals surface area contributed by atoms with Crippen LogP contribution in [-0.4, -0.2) is 87.5 Å². The Bertz CT molecular complexity index is 951. The Morgan fingerprint density at radius 1 is 0.635 bits per heavy atom. The third-order valence-electron chi connectivity index (χ3n) is 9.60. The van der Waals surface area contributed by atoms with E-state index in [9.17, 15) is 30.3 Å². The van der Waals surface area contributed by atoms with Gasteiger partial charge in [0.1, 0.15) is 24.4 Å². The highest BCUT2D eigenvalue weighted by Gasteiger charge is 2.44. The number of hydrogen-bond acceptors (Lipinski definition) is 8. The number of aliphatic hydroxyl groups excluding tert-OH is 5. The van der Waals surface area contributed by atoms with Gasteiger partial charge in [0.2, 0.25) is 5.91 Å². The molecule has 1 amide bonds. The summed E-state index contributed by atoms with van der Waals surface area (Å²) in [6.45, 7) is 3.69.